The molecule has 1 aromatic heterocycles. The van der Waals surface area contributed by atoms with Crippen LogP contribution in [0.3, 0.4) is 0 Å². The maximum atomic E-state index is 10.8. The van der Waals surface area contributed by atoms with Gasteiger partial charge in [0.15, 0.2) is 11.5 Å². The van der Waals surface area contributed by atoms with E-state index in [1.165, 1.54) is 6.26 Å². The number of carbonyl (C=O) groups is 1. The lowest BCUT2D eigenvalue weighted by molar-refractivity contribution is 0.0658. The minimum absolute atomic E-state index is 0.107. The Bertz CT molecular complexity index is 544. The van der Waals surface area contributed by atoms with Crippen molar-refractivity contribution in [2.24, 2.45) is 0 Å². The van der Waals surface area contributed by atoms with Crippen LogP contribution < -0.4 is 9.47 Å². The van der Waals surface area contributed by atoms with Gasteiger partial charge in [0.1, 0.15) is 6.61 Å². The molecule has 0 aliphatic rings. The van der Waals surface area contributed by atoms with Crippen molar-refractivity contribution >= 4 is 5.97 Å². The molecule has 0 spiro atoms. The molecule has 0 radical (unpaired) electrons. The molecule has 0 amide bonds. The minimum atomic E-state index is -1.11. The van der Waals surface area contributed by atoms with Gasteiger partial charge in [0, 0.05) is 5.56 Å². The normalized spacial score (nSPS) is 10.1. The number of hydrogen-bond acceptors (Lipinski definition) is 4. The summed E-state index contributed by atoms with van der Waals surface area (Å²) in [6.07, 6.45) is 1.32. The molecular weight excluding hydrogens is 236 g/mol. The highest BCUT2D eigenvalue weighted by Crippen LogP contribution is 2.27. The zero-order chi connectivity index (χ0) is 13.0. The maximum absolute atomic E-state index is 10.8. The lowest BCUT2D eigenvalue weighted by atomic mass is 10.2. The molecule has 2 aromatic rings. The van der Waals surface area contributed by atoms with Gasteiger partial charge in [-0.15, -0.1) is 0 Å². The fraction of sp³-hybridized carbons (Fsp3) is 0.154. The Kier molecular flexibility index (Phi) is 3.52. The van der Waals surface area contributed by atoms with E-state index in [0.717, 1.165) is 0 Å². The lowest BCUT2D eigenvalue weighted by Gasteiger charge is -2.09. The summed E-state index contributed by atoms with van der Waals surface area (Å²) in [6.45, 7) is 0.110. The van der Waals surface area contributed by atoms with E-state index in [2.05, 4.69) is 0 Å². The average Bonchev–Trinajstić information content (AvgIpc) is 2.85. The summed E-state index contributed by atoms with van der Waals surface area (Å²) < 4.78 is 15.5. The Balaban J connectivity index is 2.11. The van der Waals surface area contributed by atoms with Gasteiger partial charge in [-0.2, -0.15) is 0 Å². The zero-order valence-corrected chi connectivity index (χ0v) is 9.75. The fourth-order valence-corrected chi connectivity index (χ4v) is 1.53. The van der Waals surface area contributed by atoms with Crippen molar-refractivity contribution in [1.29, 1.82) is 0 Å². The highest BCUT2D eigenvalue weighted by molar-refractivity contribution is 5.86. The molecule has 1 heterocycles. The van der Waals surface area contributed by atoms with Crippen molar-refractivity contribution in [3.63, 3.8) is 0 Å². The highest BCUT2D eigenvalue weighted by atomic mass is 16.5. The van der Waals surface area contributed by atoms with Crippen molar-refractivity contribution in [2.75, 3.05) is 7.11 Å². The number of methoxy groups -OCH3 is 1. The second-order valence-corrected chi connectivity index (χ2v) is 3.52. The van der Waals surface area contributed by atoms with Crippen LogP contribution >= 0.6 is 0 Å². The third-order valence-corrected chi connectivity index (χ3v) is 2.39. The summed E-state index contributed by atoms with van der Waals surface area (Å²) in [5.74, 6) is -0.0704. The largest absolute Gasteiger partial charge is 0.493 e. The van der Waals surface area contributed by atoms with Crippen LogP contribution in [0.2, 0.25) is 0 Å². The molecule has 5 nitrogen and oxygen atoms in total. The quantitative estimate of drug-likeness (QED) is 0.880. The number of para-hydroxylation sites is 2. The first-order chi connectivity index (χ1) is 8.72. The number of rotatable bonds is 5. The number of benzene rings is 1. The van der Waals surface area contributed by atoms with Crippen LogP contribution in [0.15, 0.2) is 41.0 Å². The van der Waals surface area contributed by atoms with Crippen LogP contribution in [-0.2, 0) is 6.61 Å². The zero-order valence-electron chi connectivity index (χ0n) is 9.75. The second kappa shape index (κ2) is 5.27. The Morgan fingerprint density at radius 1 is 1.28 bits per heavy atom. The number of carboxylic acid groups (broad SMARTS) is 1. The van der Waals surface area contributed by atoms with Gasteiger partial charge in [-0.25, -0.2) is 4.79 Å². The minimum Gasteiger partial charge on any atom is -0.493 e. The monoisotopic (exact) mass is 248 g/mol. The van der Waals surface area contributed by atoms with Crippen LogP contribution in [0.5, 0.6) is 11.5 Å². The summed E-state index contributed by atoms with van der Waals surface area (Å²) in [5.41, 5.74) is 0.480. The van der Waals surface area contributed by atoms with Gasteiger partial charge >= 0.3 is 5.97 Å². The molecule has 5 heteroatoms. The van der Waals surface area contributed by atoms with Gasteiger partial charge in [0.2, 0.25) is 5.76 Å². The first-order valence-corrected chi connectivity index (χ1v) is 5.28. The first kappa shape index (κ1) is 12.0. The smallest absolute Gasteiger partial charge is 0.372 e. The molecule has 0 aliphatic carbocycles. The predicted molar refractivity (Wildman–Crippen MR) is 63.0 cm³/mol. The SMILES string of the molecule is COc1ccccc1OCc1ccoc1C(=O)O. The Hall–Kier alpha value is -2.43. The lowest BCUT2D eigenvalue weighted by Crippen LogP contribution is -2.03. The summed E-state index contributed by atoms with van der Waals surface area (Å²) in [4.78, 5) is 10.8. The van der Waals surface area contributed by atoms with E-state index in [0.29, 0.717) is 17.1 Å². The molecule has 18 heavy (non-hydrogen) atoms. The van der Waals surface area contributed by atoms with Crippen LogP contribution in [-0.4, -0.2) is 18.2 Å². The molecule has 0 bridgehead atoms. The molecular formula is C13H12O5. The third-order valence-electron chi connectivity index (χ3n) is 2.39. The number of carboxylic acids is 1. The maximum Gasteiger partial charge on any atom is 0.372 e. The van der Waals surface area contributed by atoms with Crippen molar-refractivity contribution in [3.8, 4) is 11.5 Å². The van der Waals surface area contributed by atoms with E-state index in [1.54, 1.807) is 25.3 Å². The van der Waals surface area contributed by atoms with Crippen LogP contribution in [0, 0.1) is 0 Å². The second-order valence-electron chi connectivity index (χ2n) is 3.52. The first-order valence-electron chi connectivity index (χ1n) is 5.28. The molecule has 0 aliphatic heterocycles. The van der Waals surface area contributed by atoms with E-state index >= 15 is 0 Å². The van der Waals surface area contributed by atoms with Gasteiger partial charge in [-0.05, 0) is 18.2 Å². The van der Waals surface area contributed by atoms with Crippen LogP contribution in [0.4, 0.5) is 0 Å². The number of ether oxygens (including phenoxy) is 2. The molecule has 0 fully saturated rings. The van der Waals surface area contributed by atoms with E-state index in [-0.39, 0.29) is 12.4 Å². The summed E-state index contributed by atoms with van der Waals surface area (Å²) in [6, 6.07) is 8.72. The third kappa shape index (κ3) is 2.45. The number of hydrogen-bond donors (Lipinski definition) is 1. The van der Waals surface area contributed by atoms with Crippen molar-refractivity contribution in [2.45, 2.75) is 6.61 Å². The highest BCUT2D eigenvalue weighted by Gasteiger charge is 2.14. The van der Waals surface area contributed by atoms with E-state index < -0.39 is 5.97 Å². The molecule has 94 valence electrons. The number of aromatic carboxylic acids is 1. The standard InChI is InChI=1S/C13H12O5/c1-16-10-4-2-3-5-11(10)18-8-9-6-7-17-12(9)13(14)15/h2-7H,8H2,1H3,(H,14,15). The van der Waals surface area contributed by atoms with E-state index in [1.807, 2.05) is 12.1 Å². The summed E-state index contributed by atoms with van der Waals surface area (Å²) >= 11 is 0. The van der Waals surface area contributed by atoms with Gasteiger partial charge in [0.25, 0.3) is 0 Å². The molecule has 0 atom stereocenters. The average molecular weight is 248 g/mol. The molecule has 0 saturated carbocycles. The van der Waals surface area contributed by atoms with E-state index in [4.69, 9.17) is 19.0 Å². The molecule has 2 rings (SSSR count). The number of furan rings is 1. The van der Waals surface area contributed by atoms with Gasteiger partial charge in [-0.3, -0.25) is 0 Å². The Labute approximate surface area is 104 Å². The molecule has 0 saturated heterocycles. The molecule has 0 unspecified atom stereocenters. The van der Waals surface area contributed by atoms with Gasteiger partial charge in [0.05, 0.1) is 13.4 Å². The van der Waals surface area contributed by atoms with Crippen LogP contribution in [0.1, 0.15) is 16.1 Å². The van der Waals surface area contributed by atoms with Crippen LogP contribution in [0.25, 0.3) is 0 Å². The fourth-order valence-electron chi connectivity index (χ4n) is 1.53. The molecule has 1 N–H and O–H groups in total. The van der Waals surface area contributed by atoms with Gasteiger partial charge < -0.3 is 19.0 Å². The van der Waals surface area contributed by atoms with Crippen molar-refractivity contribution in [3.05, 3.63) is 47.9 Å². The predicted octanol–water partition coefficient (Wildman–Crippen LogP) is 2.57. The Morgan fingerprint density at radius 2 is 2.00 bits per heavy atom. The van der Waals surface area contributed by atoms with E-state index in [9.17, 15) is 4.79 Å². The topological polar surface area (TPSA) is 68.9 Å². The molecule has 1 aromatic carbocycles. The summed E-state index contributed by atoms with van der Waals surface area (Å²) in [7, 11) is 1.54. The van der Waals surface area contributed by atoms with Crippen molar-refractivity contribution in [1.82, 2.24) is 0 Å². The summed E-state index contributed by atoms with van der Waals surface area (Å²) in [5, 5.41) is 8.88. The van der Waals surface area contributed by atoms with Gasteiger partial charge in [-0.1, -0.05) is 12.1 Å². The Morgan fingerprint density at radius 3 is 2.67 bits per heavy atom. The van der Waals surface area contributed by atoms with Crippen molar-refractivity contribution < 1.29 is 23.8 Å².